The summed E-state index contributed by atoms with van der Waals surface area (Å²) < 4.78 is 2.16. The minimum atomic E-state index is 0.541. The van der Waals surface area contributed by atoms with Crippen molar-refractivity contribution in [1.29, 1.82) is 0 Å². The maximum atomic E-state index is 4.62. The first-order valence-electron chi connectivity index (χ1n) is 5.86. The van der Waals surface area contributed by atoms with Gasteiger partial charge in [-0.2, -0.15) is 0 Å². The van der Waals surface area contributed by atoms with Gasteiger partial charge in [-0.25, -0.2) is 4.98 Å². The van der Waals surface area contributed by atoms with Crippen molar-refractivity contribution in [2.45, 2.75) is 32.9 Å². The molecule has 0 spiro atoms. The van der Waals surface area contributed by atoms with Crippen LogP contribution < -0.4 is 5.32 Å². The molecule has 0 saturated heterocycles. The molecule has 16 heavy (non-hydrogen) atoms. The highest BCUT2D eigenvalue weighted by Crippen LogP contribution is 2.13. The molecule has 3 nitrogen and oxygen atoms in total. The molecule has 0 aliphatic carbocycles. The second kappa shape index (κ2) is 4.66. The van der Waals surface area contributed by atoms with Crippen molar-refractivity contribution in [3.63, 3.8) is 0 Å². The Labute approximate surface area is 96.5 Å². The van der Waals surface area contributed by atoms with Gasteiger partial charge in [0.05, 0.1) is 17.6 Å². The number of para-hydroxylation sites is 2. The third-order valence-electron chi connectivity index (χ3n) is 3.10. The Hall–Kier alpha value is -1.35. The number of imidazole rings is 1. The van der Waals surface area contributed by atoms with Crippen LogP contribution in [0, 0.1) is 0 Å². The highest BCUT2D eigenvalue weighted by Gasteiger charge is 2.07. The van der Waals surface area contributed by atoms with Crippen molar-refractivity contribution in [2.24, 2.45) is 7.05 Å². The average Bonchev–Trinajstić information content (AvgIpc) is 2.64. The number of fused-ring (bicyclic) bond motifs is 1. The van der Waals surface area contributed by atoms with E-state index in [1.807, 2.05) is 6.07 Å². The third kappa shape index (κ3) is 2.09. The van der Waals surface area contributed by atoms with Gasteiger partial charge in [0.25, 0.3) is 0 Å². The van der Waals surface area contributed by atoms with E-state index >= 15 is 0 Å². The van der Waals surface area contributed by atoms with E-state index in [1.165, 1.54) is 5.52 Å². The lowest BCUT2D eigenvalue weighted by Gasteiger charge is -2.10. The number of hydrogen-bond donors (Lipinski definition) is 1. The zero-order valence-electron chi connectivity index (χ0n) is 10.2. The van der Waals surface area contributed by atoms with Gasteiger partial charge in [0.15, 0.2) is 0 Å². The highest BCUT2D eigenvalue weighted by molar-refractivity contribution is 5.75. The predicted octanol–water partition coefficient (Wildman–Crippen LogP) is 2.46. The lowest BCUT2D eigenvalue weighted by atomic mass is 10.2. The summed E-state index contributed by atoms with van der Waals surface area (Å²) in [5.41, 5.74) is 2.27. The summed E-state index contributed by atoms with van der Waals surface area (Å²) in [4.78, 5) is 4.62. The van der Waals surface area contributed by atoms with Gasteiger partial charge >= 0.3 is 0 Å². The molecule has 1 heterocycles. The van der Waals surface area contributed by atoms with Gasteiger partial charge in [0, 0.05) is 13.1 Å². The molecule has 0 amide bonds. The average molecular weight is 217 g/mol. The molecule has 3 heteroatoms. The minimum absolute atomic E-state index is 0.541. The number of rotatable bonds is 4. The van der Waals surface area contributed by atoms with E-state index in [1.54, 1.807) is 0 Å². The van der Waals surface area contributed by atoms with E-state index in [4.69, 9.17) is 0 Å². The second-order valence-electron chi connectivity index (χ2n) is 4.27. The first-order valence-corrected chi connectivity index (χ1v) is 5.86. The van der Waals surface area contributed by atoms with E-state index < -0.39 is 0 Å². The smallest absolute Gasteiger partial charge is 0.123 e. The van der Waals surface area contributed by atoms with E-state index in [0.29, 0.717) is 6.04 Å². The zero-order chi connectivity index (χ0) is 11.5. The molecule has 1 unspecified atom stereocenters. The van der Waals surface area contributed by atoms with Crippen LogP contribution in [0.1, 0.15) is 26.1 Å². The standard InChI is InChI=1S/C13H19N3/c1-4-10(2)14-9-13-15-11-7-5-6-8-12(11)16(13)3/h5-8,10,14H,4,9H2,1-3H3. The molecule has 0 fully saturated rings. The number of nitrogens with zero attached hydrogens (tertiary/aromatic N) is 2. The van der Waals surface area contributed by atoms with Crippen LogP contribution in [0.2, 0.25) is 0 Å². The fraction of sp³-hybridized carbons (Fsp3) is 0.462. The summed E-state index contributed by atoms with van der Waals surface area (Å²) in [6, 6.07) is 8.79. The summed E-state index contributed by atoms with van der Waals surface area (Å²) in [6.45, 7) is 5.22. The Balaban J connectivity index is 2.21. The number of hydrogen-bond acceptors (Lipinski definition) is 2. The van der Waals surface area contributed by atoms with Crippen LogP contribution in [0.25, 0.3) is 11.0 Å². The second-order valence-corrected chi connectivity index (χ2v) is 4.27. The Morgan fingerprint density at radius 1 is 1.38 bits per heavy atom. The van der Waals surface area contributed by atoms with Crippen LogP contribution in [0.5, 0.6) is 0 Å². The van der Waals surface area contributed by atoms with Gasteiger partial charge in [-0.1, -0.05) is 19.1 Å². The Kier molecular flexibility index (Phi) is 3.25. The fourth-order valence-electron chi connectivity index (χ4n) is 1.76. The highest BCUT2D eigenvalue weighted by atomic mass is 15.1. The van der Waals surface area contributed by atoms with Gasteiger partial charge in [-0.15, -0.1) is 0 Å². The van der Waals surface area contributed by atoms with E-state index in [9.17, 15) is 0 Å². The maximum Gasteiger partial charge on any atom is 0.123 e. The van der Waals surface area contributed by atoms with Crippen molar-refractivity contribution in [2.75, 3.05) is 0 Å². The van der Waals surface area contributed by atoms with Crippen LogP contribution in [-0.4, -0.2) is 15.6 Å². The third-order valence-corrected chi connectivity index (χ3v) is 3.10. The van der Waals surface area contributed by atoms with Crippen LogP contribution in [0.3, 0.4) is 0 Å². The molecule has 0 aliphatic heterocycles. The normalized spacial score (nSPS) is 13.2. The zero-order valence-corrected chi connectivity index (χ0v) is 10.2. The molecular weight excluding hydrogens is 198 g/mol. The topological polar surface area (TPSA) is 29.9 Å². The number of aryl methyl sites for hydroxylation is 1. The molecule has 1 aromatic carbocycles. The van der Waals surface area contributed by atoms with Crippen LogP contribution in [0.4, 0.5) is 0 Å². The first kappa shape index (κ1) is 11.1. The van der Waals surface area contributed by atoms with Gasteiger partial charge in [-0.05, 0) is 25.5 Å². The Morgan fingerprint density at radius 2 is 2.12 bits per heavy atom. The Morgan fingerprint density at radius 3 is 2.81 bits per heavy atom. The lowest BCUT2D eigenvalue weighted by molar-refractivity contribution is 0.517. The quantitative estimate of drug-likeness (QED) is 0.852. The van der Waals surface area contributed by atoms with Crippen molar-refractivity contribution < 1.29 is 0 Å². The van der Waals surface area contributed by atoms with Gasteiger partial charge < -0.3 is 9.88 Å². The van der Waals surface area contributed by atoms with E-state index in [-0.39, 0.29) is 0 Å². The Bertz CT molecular complexity index is 473. The predicted molar refractivity (Wildman–Crippen MR) is 67.3 cm³/mol. The van der Waals surface area contributed by atoms with Crippen molar-refractivity contribution >= 4 is 11.0 Å². The molecule has 2 rings (SSSR count). The molecular formula is C13H19N3. The van der Waals surface area contributed by atoms with Gasteiger partial charge in [0.1, 0.15) is 5.82 Å². The molecule has 1 N–H and O–H groups in total. The molecule has 2 aromatic rings. The molecule has 1 atom stereocenters. The molecule has 86 valence electrons. The first-order chi connectivity index (χ1) is 7.72. The van der Waals surface area contributed by atoms with E-state index in [2.05, 4.69) is 54.0 Å². The molecule has 1 aromatic heterocycles. The molecule has 0 aliphatic rings. The lowest BCUT2D eigenvalue weighted by Crippen LogP contribution is -2.25. The molecule has 0 bridgehead atoms. The summed E-state index contributed by atoms with van der Waals surface area (Å²) in [7, 11) is 2.07. The monoisotopic (exact) mass is 217 g/mol. The van der Waals surface area contributed by atoms with Gasteiger partial charge in [-0.3, -0.25) is 0 Å². The summed E-state index contributed by atoms with van der Waals surface area (Å²) in [5, 5.41) is 3.47. The van der Waals surface area contributed by atoms with Gasteiger partial charge in [0.2, 0.25) is 0 Å². The number of benzene rings is 1. The minimum Gasteiger partial charge on any atom is -0.330 e. The van der Waals surface area contributed by atoms with E-state index in [0.717, 1.165) is 24.3 Å². The fourth-order valence-corrected chi connectivity index (χ4v) is 1.76. The maximum absolute atomic E-state index is 4.62. The molecule has 0 radical (unpaired) electrons. The largest absolute Gasteiger partial charge is 0.330 e. The SMILES string of the molecule is CCC(C)NCc1nc2ccccc2n1C. The van der Waals surface area contributed by atoms with Crippen molar-refractivity contribution in [1.82, 2.24) is 14.9 Å². The van der Waals surface area contributed by atoms with Crippen LogP contribution in [0.15, 0.2) is 24.3 Å². The summed E-state index contributed by atoms with van der Waals surface area (Å²) in [5.74, 6) is 1.10. The van der Waals surface area contributed by atoms with Crippen LogP contribution >= 0.6 is 0 Å². The number of aromatic nitrogens is 2. The summed E-state index contributed by atoms with van der Waals surface area (Å²) in [6.07, 6.45) is 1.14. The molecule has 0 saturated carbocycles. The van der Waals surface area contributed by atoms with Crippen molar-refractivity contribution in [3.8, 4) is 0 Å². The number of nitrogens with one attached hydrogen (secondary N) is 1. The van der Waals surface area contributed by atoms with Crippen LogP contribution in [-0.2, 0) is 13.6 Å². The van der Waals surface area contributed by atoms with Crippen molar-refractivity contribution in [3.05, 3.63) is 30.1 Å². The summed E-state index contributed by atoms with van der Waals surface area (Å²) >= 11 is 0.